The van der Waals surface area contributed by atoms with E-state index in [-0.39, 0.29) is 12.0 Å². The van der Waals surface area contributed by atoms with Gasteiger partial charge in [0.2, 0.25) is 0 Å². The van der Waals surface area contributed by atoms with Crippen LogP contribution in [0.3, 0.4) is 0 Å². The fourth-order valence-corrected chi connectivity index (χ4v) is 3.29. The molecule has 7 heteroatoms. The van der Waals surface area contributed by atoms with Gasteiger partial charge in [0.1, 0.15) is 5.76 Å². The van der Waals surface area contributed by atoms with Crippen molar-refractivity contribution in [3.8, 4) is 0 Å². The summed E-state index contributed by atoms with van der Waals surface area (Å²) < 4.78 is 5.20. The van der Waals surface area contributed by atoms with Crippen molar-refractivity contribution >= 4 is 29.2 Å². The van der Waals surface area contributed by atoms with Crippen molar-refractivity contribution in [2.24, 2.45) is 10.7 Å². The second-order valence-corrected chi connectivity index (χ2v) is 6.74. The molecule has 2 unspecified atom stereocenters. The molecule has 0 aliphatic heterocycles. The first-order chi connectivity index (χ1) is 11.3. The minimum atomic E-state index is -0.0760. The van der Waals surface area contributed by atoms with Crippen LogP contribution in [0.2, 0.25) is 10.0 Å². The van der Waals surface area contributed by atoms with Gasteiger partial charge >= 0.3 is 0 Å². The van der Waals surface area contributed by atoms with Gasteiger partial charge in [-0.05, 0) is 38.5 Å². The smallest absolute Gasteiger partial charge is 0.189 e. The van der Waals surface area contributed by atoms with E-state index in [0.29, 0.717) is 22.5 Å². The second-order valence-electron chi connectivity index (χ2n) is 5.90. The zero-order valence-electron chi connectivity index (χ0n) is 14.2. The second kappa shape index (κ2) is 7.90. The molecule has 0 aliphatic carbocycles. The van der Waals surface area contributed by atoms with E-state index in [4.69, 9.17) is 33.5 Å². The van der Waals surface area contributed by atoms with Crippen LogP contribution >= 0.6 is 23.2 Å². The Morgan fingerprint density at radius 3 is 2.62 bits per heavy atom. The zero-order chi connectivity index (χ0) is 17.9. The Labute approximate surface area is 152 Å². The van der Waals surface area contributed by atoms with Crippen molar-refractivity contribution in [2.45, 2.75) is 39.7 Å². The largest absolute Gasteiger partial charge is 0.370 e. The number of aromatic nitrogens is 1. The van der Waals surface area contributed by atoms with Crippen molar-refractivity contribution in [3.05, 3.63) is 50.8 Å². The van der Waals surface area contributed by atoms with Gasteiger partial charge in [-0.15, -0.1) is 0 Å². The van der Waals surface area contributed by atoms with Crippen LogP contribution in [0, 0.1) is 13.8 Å². The highest BCUT2D eigenvalue weighted by Crippen LogP contribution is 2.26. The van der Waals surface area contributed by atoms with Crippen LogP contribution in [0.1, 0.15) is 48.4 Å². The SMILES string of the molecule is Cc1noc(C)c1C(C)CN=C(N)NC(C)c1ccc(Cl)cc1Cl. The number of hydrogen-bond acceptors (Lipinski definition) is 3. The van der Waals surface area contributed by atoms with Crippen LogP contribution in [-0.4, -0.2) is 17.7 Å². The Morgan fingerprint density at radius 1 is 1.33 bits per heavy atom. The minimum absolute atomic E-state index is 0.0760. The first kappa shape index (κ1) is 18.6. The molecule has 2 rings (SSSR count). The van der Waals surface area contributed by atoms with Gasteiger partial charge < -0.3 is 15.6 Å². The lowest BCUT2D eigenvalue weighted by atomic mass is 10.00. The van der Waals surface area contributed by atoms with Crippen LogP contribution in [0.5, 0.6) is 0 Å². The summed E-state index contributed by atoms with van der Waals surface area (Å²) in [6.07, 6.45) is 0. The molecule has 130 valence electrons. The Kier molecular flexibility index (Phi) is 6.13. The number of nitrogens with one attached hydrogen (secondary N) is 1. The molecule has 1 aromatic heterocycles. The lowest BCUT2D eigenvalue weighted by molar-refractivity contribution is 0.391. The molecule has 2 aromatic rings. The monoisotopic (exact) mass is 368 g/mol. The van der Waals surface area contributed by atoms with Crippen molar-refractivity contribution in [1.29, 1.82) is 0 Å². The summed E-state index contributed by atoms with van der Waals surface area (Å²) in [5, 5.41) is 8.32. The average Bonchev–Trinajstić information content (AvgIpc) is 2.83. The third-order valence-electron chi connectivity index (χ3n) is 3.91. The number of aryl methyl sites for hydroxylation is 2. The molecule has 0 aliphatic rings. The predicted molar refractivity (Wildman–Crippen MR) is 98.9 cm³/mol. The van der Waals surface area contributed by atoms with Gasteiger partial charge in [-0.25, -0.2) is 0 Å². The van der Waals surface area contributed by atoms with E-state index in [2.05, 4.69) is 22.4 Å². The van der Waals surface area contributed by atoms with E-state index < -0.39 is 0 Å². The van der Waals surface area contributed by atoms with Crippen LogP contribution in [-0.2, 0) is 0 Å². The van der Waals surface area contributed by atoms with Gasteiger partial charge in [0.05, 0.1) is 11.7 Å². The summed E-state index contributed by atoms with van der Waals surface area (Å²) in [5.41, 5.74) is 8.89. The highest BCUT2D eigenvalue weighted by atomic mass is 35.5. The number of aliphatic imine (C=N–C) groups is 1. The molecule has 0 radical (unpaired) electrons. The summed E-state index contributed by atoms with van der Waals surface area (Å²) in [5.74, 6) is 1.36. The van der Waals surface area contributed by atoms with Crippen LogP contribution in [0.4, 0.5) is 0 Å². The maximum Gasteiger partial charge on any atom is 0.189 e. The van der Waals surface area contributed by atoms with Crippen molar-refractivity contribution in [3.63, 3.8) is 0 Å². The molecule has 1 heterocycles. The van der Waals surface area contributed by atoms with Crippen LogP contribution in [0.25, 0.3) is 0 Å². The first-order valence-electron chi connectivity index (χ1n) is 7.73. The maximum absolute atomic E-state index is 6.22. The van der Waals surface area contributed by atoms with E-state index in [0.717, 1.165) is 22.6 Å². The molecular weight excluding hydrogens is 347 g/mol. The summed E-state index contributed by atoms with van der Waals surface area (Å²) in [4.78, 5) is 4.42. The number of hydrogen-bond donors (Lipinski definition) is 2. The van der Waals surface area contributed by atoms with Gasteiger partial charge in [0.15, 0.2) is 5.96 Å². The minimum Gasteiger partial charge on any atom is -0.370 e. The molecule has 2 atom stereocenters. The zero-order valence-corrected chi connectivity index (χ0v) is 15.7. The molecule has 0 bridgehead atoms. The maximum atomic E-state index is 6.22. The highest BCUT2D eigenvalue weighted by Gasteiger charge is 2.16. The Hall–Kier alpha value is -1.72. The summed E-state index contributed by atoms with van der Waals surface area (Å²) in [6.45, 7) is 8.42. The number of halogens is 2. The molecular formula is C17H22Cl2N4O. The average molecular weight is 369 g/mol. The van der Waals surface area contributed by atoms with Crippen molar-refractivity contribution in [1.82, 2.24) is 10.5 Å². The number of guanidine groups is 1. The topological polar surface area (TPSA) is 76.4 Å². The van der Waals surface area contributed by atoms with Gasteiger partial charge in [-0.1, -0.05) is 41.3 Å². The van der Waals surface area contributed by atoms with Gasteiger partial charge in [-0.2, -0.15) is 0 Å². The molecule has 1 aromatic carbocycles. The number of rotatable bonds is 5. The fraction of sp³-hybridized carbons (Fsp3) is 0.412. The summed E-state index contributed by atoms with van der Waals surface area (Å²) in [7, 11) is 0. The quantitative estimate of drug-likeness (QED) is 0.606. The molecule has 0 spiro atoms. The molecule has 3 N–H and O–H groups in total. The molecule has 0 amide bonds. The normalized spacial score (nSPS) is 14.5. The molecule has 24 heavy (non-hydrogen) atoms. The highest BCUT2D eigenvalue weighted by molar-refractivity contribution is 6.35. The predicted octanol–water partition coefficient (Wildman–Crippen LogP) is 4.37. The fourth-order valence-electron chi connectivity index (χ4n) is 2.72. The van der Waals surface area contributed by atoms with E-state index >= 15 is 0 Å². The summed E-state index contributed by atoms with van der Waals surface area (Å²) in [6, 6.07) is 5.31. The number of nitrogens with two attached hydrogens (primary N) is 1. The molecule has 5 nitrogen and oxygen atoms in total. The van der Waals surface area contributed by atoms with E-state index in [1.807, 2.05) is 26.8 Å². The van der Waals surface area contributed by atoms with E-state index in [9.17, 15) is 0 Å². The molecule has 0 saturated carbocycles. The Bertz CT molecular complexity index is 723. The van der Waals surface area contributed by atoms with Crippen LogP contribution < -0.4 is 11.1 Å². The molecule has 0 saturated heterocycles. The van der Waals surface area contributed by atoms with Gasteiger partial charge in [0.25, 0.3) is 0 Å². The lowest BCUT2D eigenvalue weighted by Gasteiger charge is -2.17. The standard InChI is InChI=1S/C17H22Cl2N4O/c1-9(16-11(3)23-24-12(16)4)8-21-17(20)22-10(2)14-6-5-13(18)7-15(14)19/h5-7,9-10H,8H2,1-4H3,(H3,20,21,22). The number of benzene rings is 1. The lowest BCUT2D eigenvalue weighted by Crippen LogP contribution is -2.34. The van der Waals surface area contributed by atoms with Crippen molar-refractivity contribution in [2.75, 3.05) is 6.54 Å². The Balaban J connectivity index is 2.01. The molecule has 0 fully saturated rings. The van der Waals surface area contributed by atoms with Gasteiger partial charge in [-0.3, -0.25) is 4.99 Å². The number of nitrogens with zero attached hydrogens (tertiary/aromatic N) is 2. The third-order valence-corrected chi connectivity index (χ3v) is 4.47. The Morgan fingerprint density at radius 2 is 2.04 bits per heavy atom. The van der Waals surface area contributed by atoms with Crippen molar-refractivity contribution < 1.29 is 4.52 Å². The van der Waals surface area contributed by atoms with Gasteiger partial charge in [0, 0.05) is 28.1 Å². The first-order valence-corrected chi connectivity index (χ1v) is 8.49. The van der Waals surface area contributed by atoms with Crippen LogP contribution in [0.15, 0.2) is 27.7 Å². The van der Waals surface area contributed by atoms with E-state index in [1.165, 1.54) is 0 Å². The van der Waals surface area contributed by atoms with E-state index in [1.54, 1.807) is 12.1 Å². The summed E-state index contributed by atoms with van der Waals surface area (Å²) >= 11 is 12.1. The third kappa shape index (κ3) is 4.42.